The van der Waals surface area contributed by atoms with Crippen molar-refractivity contribution >= 4 is 5.91 Å². The lowest BCUT2D eigenvalue weighted by atomic mass is 9.99. The Morgan fingerprint density at radius 1 is 1.57 bits per heavy atom. The van der Waals surface area contributed by atoms with Crippen molar-refractivity contribution in [3.8, 4) is 11.5 Å². The fourth-order valence-electron chi connectivity index (χ4n) is 1.21. The lowest BCUT2D eigenvalue weighted by Crippen LogP contribution is -2.19. The summed E-state index contributed by atoms with van der Waals surface area (Å²) in [5, 5.41) is 9.19. The number of carbonyl (C=O) groups is 1. The van der Waals surface area contributed by atoms with Gasteiger partial charge in [0.25, 0.3) is 0 Å². The minimum Gasteiger partial charge on any atom is -0.508 e. The van der Waals surface area contributed by atoms with Crippen LogP contribution in [0.4, 0.5) is 0 Å². The van der Waals surface area contributed by atoms with E-state index in [0.717, 1.165) is 0 Å². The maximum Gasteiger partial charge on any atom is 0.224 e. The van der Waals surface area contributed by atoms with Gasteiger partial charge in [-0.2, -0.15) is 0 Å². The van der Waals surface area contributed by atoms with Gasteiger partial charge in [-0.05, 0) is 13.0 Å². The van der Waals surface area contributed by atoms with Gasteiger partial charge in [0, 0.05) is 11.6 Å². The van der Waals surface area contributed by atoms with E-state index in [2.05, 4.69) is 0 Å². The molecule has 0 aliphatic heterocycles. The van der Waals surface area contributed by atoms with E-state index in [1.807, 2.05) is 0 Å². The number of methoxy groups -OCH3 is 1. The summed E-state index contributed by atoms with van der Waals surface area (Å²) in [6, 6.07) is 4.58. The molecule has 4 heteroatoms. The maximum atomic E-state index is 11.0. The van der Waals surface area contributed by atoms with Gasteiger partial charge in [-0.1, -0.05) is 6.07 Å². The molecular weight excluding hydrogens is 182 g/mol. The van der Waals surface area contributed by atoms with Crippen molar-refractivity contribution < 1.29 is 14.6 Å². The standard InChI is InChI=1S/C10H13NO3/c1-6(10(11)13)8-4-3-7(12)5-9(8)14-2/h3-6,12H,1-2H3,(H2,11,13). The highest BCUT2D eigenvalue weighted by molar-refractivity contribution is 5.82. The molecule has 0 aliphatic rings. The van der Waals surface area contributed by atoms with Gasteiger partial charge in [0.15, 0.2) is 0 Å². The van der Waals surface area contributed by atoms with Gasteiger partial charge in [0.1, 0.15) is 11.5 Å². The molecule has 0 heterocycles. The summed E-state index contributed by atoms with van der Waals surface area (Å²) in [6.45, 7) is 1.69. The average molecular weight is 195 g/mol. The van der Waals surface area contributed by atoms with E-state index in [1.54, 1.807) is 13.0 Å². The second kappa shape index (κ2) is 4.00. The molecule has 1 unspecified atom stereocenters. The van der Waals surface area contributed by atoms with Crippen molar-refractivity contribution in [3.05, 3.63) is 23.8 Å². The summed E-state index contributed by atoms with van der Waals surface area (Å²) in [4.78, 5) is 11.0. The minimum absolute atomic E-state index is 0.0993. The second-order valence-electron chi connectivity index (χ2n) is 3.05. The molecule has 0 radical (unpaired) electrons. The Labute approximate surface area is 82.3 Å². The molecule has 0 aliphatic carbocycles. The third-order valence-electron chi connectivity index (χ3n) is 2.11. The van der Waals surface area contributed by atoms with Crippen LogP contribution >= 0.6 is 0 Å². The Morgan fingerprint density at radius 2 is 2.21 bits per heavy atom. The Kier molecular flexibility index (Phi) is 2.96. The number of hydrogen-bond acceptors (Lipinski definition) is 3. The smallest absolute Gasteiger partial charge is 0.224 e. The first-order chi connectivity index (χ1) is 6.56. The molecule has 4 nitrogen and oxygen atoms in total. The Bertz CT molecular complexity index is 349. The van der Waals surface area contributed by atoms with Crippen LogP contribution in [0.25, 0.3) is 0 Å². The van der Waals surface area contributed by atoms with Crippen LogP contribution in [0.15, 0.2) is 18.2 Å². The number of benzene rings is 1. The summed E-state index contributed by atoms with van der Waals surface area (Å²) in [6.07, 6.45) is 0. The normalized spacial score (nSPS) is 12.1. The molecular formula is C10H13NO3. The van der Waals surface area contributed by atoms with Crippen molar-refractivity contribution in [2.75, 3.05) is 7.11 Å². The molecule has 76 valence electrons. The number of aromatic hydroxyl groups is 1. The third-order valence-corrected chi connectivity index (χ3v) is 2.11. The largest absolute Gasteiger partial charge is 0.508 e. The SMILES string of the molecule is COc1cc(O)ccc1C(C)C(N)=O. The van der Waals surface area contributed by atoms with E-state index in [4.69, 9.17) is 10.5 Å². The highest BCUT2D eigenvalue weighted by Crippen LogP contribution is 2.29. The summed E-state index contributed by atoms with van der Waals surface area (Å²) < 4.78 is 5.03. The van der Waals surface area contributed by atoms with Crippen molar-refractivity contribution in [2.24, 2.45) is 5.73 Å². The van der Waals surface area contributed by atoms with Gasteiger partial charge in [-0.25, -0.2) is 0 Å². The van der Waals surface area contributed by atoms with E-state index in [1.165, 1.54) is 19.2 Å². The van der Waals surface area contributed by atoms with Crippen molar-refractivity contribution in [3.63, 3.8) is 0 Å². The fraction of sp³-hybridized carbons (Fsp3) is 0.300. The Hall–Kier alpha value is -1.71. The van der Waals surface area contributed by atoms with Crippen LogP contribution in [0.5, 0.6) is 11.5 Å². The predicted molar refractivity (Wildman–Crippen MR) is 52.3 cm³/mol. The topological polar surface area (TPSA) is 72.6 Å². The zero-order valence-electron chi connectivity index (χ0n) is 8.15. The monoisotopic (exact) mass is 195 g/mol. The van der Waals surface area contributed by atoms with Crippen LogP contribution in [0.2, 0.25) is 0 Å². The van der Waals surface area contributed by atoms with Crippen LogP contribution < -0.4 is 10.5 Å². The van der Waals surface area contributed by atoms with Gasteiger partial charge >= 0.3 is 0 Å². The molecule has 1 atom stereocenters. The quantitative estimate of drug-likeness (QED) is 0.755. The van der Waals surface area contributed by atoms with Gasteiger partial charge in [-0.3, -0.25) is 4.79 Å². The lowest BCUT2D eigenvalue weighted by Gasteiger charge is -2.12. The first-order valence-electron chi connectivity index (χ1n) is 4.22. The van der Waals surface area contributed by atoms with Crippen LogP contribution in [-0.2, 0) is 4.79 Å². The molecule has 0 saturated heterocycles. The summed E-state index contributed by atoms with van der Waals surface area (Å²) in [7, 11) is 1.48. The van der Waals surface area contributed by atoms with Crippen LogP contribution in [0, 0.1) is 0 Å². The Balaban J connectivity index is 3.13. The van der Waals surface area contributed by atoms with Crippen LogP contribution in [0.3, 0.4) is 0 Å². The molecule has 0 bridgehead atoms. The summed E-state index contributed by atoms with van der Waals surface area (Å²) in [5.74, 6) is -0.280. The summed E-state index contributed by atoms with van der Waals surface area (Å²) in [5.41, 5.74) is 5.85. The number of phenols is 1. The average Bonchev–Trinajstić information content (AvgIpc) is 2.16. The number of rotatable bonds is 3. The molecule has 0 saturated carbocycles. The molecule has 1 aromatic carbocycles. The molecule has 3 N–H and O–H groups in total. The molecule has 1 aromatic rings. The van der Waals surface area contributed by atoms with E-state index < -0.39 is 11.8 Å². The van der Waals surface area contributed by atoms with Crippen molar-refractivity contribution in [2.45, 2.75) is 12.8 Å². The van der Waals surface area contributed by atoms with Gasteiger partial charge in [0.05, 0.1) is 13.0 Å². The van der Waals surface area contributed by atoms with Crippen LogP contribution in [0.1, 0.15) is 18.4 Å². The second-order valence-corrected chi connectivity index (χ2v) is 3.05. The number of phenolic OH excluding ortho intramolecular Hbond substituents is 1. The van der Waals surface area contributed by atoms with Gasteiger partial charge in [0.2, 0.25) is 5.91 Å². The first kappa shape index (κ1) is 10.4. The number of hydrogen-bond donors (Lipinski definition) is 2. The fourth-order valence-corrected chi connectivity index (χ4v) is 1.21. The number of amides is 1. The van der Waals surface area contributed by atoms with E-state index in [0.29, 0.717) is 11.3 Å². The van der Waals surface area contributed by atoms with Crippen molar-refractivity contribution in [1.82, 2.24) is 0 Å². The molecule has 1 rings (SSSR count). The predicted octanol–water partition coefficient (Wildman–Crippen LogP) is 0.990. The number of carbonyl (C=O) groups excluding carboxylic acids is 1. The van der Waals surface area contributed by atoms with E-state index >= 15 is 0 Å². The van der Waals surface area contributed by atoms with Gasteiger partial charge < -0.3 is 15.6 Å². The first-order valence-corrected chi connectivity index (χ1v) is 4.22. The lowest BCUT2D eigenvalue weighted by molar-refractivity contribution is -0.119. The van der Waals surface area contributed by atoms with Crippen molar-refractivity contribution in [1.29, 1.82) is 0 Å². The number of nitrogens with two attached hydrogens (primary N) is 1. The molecule has 0 aromatic heterocycles. The zero-order chi connectivity index (χ0) is 10.7. The van der Waals surface area contributed by atoms with E-state index in [9.17, 15) is 9.90 Å². The Morgan fingerprint density at radius 3 is 2.71 bits per heavy atom. The summed E-state index contributed by atoms with van der Waals surface area (Å²) >= 11 is 0. The highest BCUT2D eigenvalue weighted by Gasteiger charge is 2.16. The number of ether oxygens (including phenoxy) is 1. The van der Waals surface area contributed by atoms with Crippen LogP contribution in [-0.4, -0.2) is 18.1 Å². The third kappa shape index (κ3) is 1.96. The van der Waals surface area contributed by atoms with E-state index in [-0.39, 0.29) is 5.75 Å². The highest BCUT2D eigenvalue weighted by atomic mass is 16.5. The molecule has 14 heavy (non-hydrogen) atoms. The van der Waals surface area contributed by atoms with Gasteiger partial charge in [-0.15, -0.1) is 0 Å². The number of primary amides is 1. The molecule has 0 spiro atoms. The minimum atomic E-state index is -0.425. The molecule has 1 amide bonds. The maximum absolute atomic E-state index is 11.0. The molecule has 0 fully saturated rings. The zero-order valence-corrected chi connectivity index (χ0v) is 8.15.